The Bertz CT molecular complexity index is 203. The highest BCUT2D eigenvalue weighted by atomic mass is 28.4. The van der Waals surface area contributed by atoms with Crippen molar-refractivity contribution in [3.05, 3.63) is 0 Å². The van der Waals surface area contributed by atoms with E-state index in [2.05, 4.69) is 18.6 Å². The Balaban J connectivity index is 2.67. The van der Waals surface area contributed by atoms with Gasteiger partial charge in [0, 0.05) is 26.4 Å². The second-order valence-electron chi connectivity index (χ2n) is 4.01. The Morgan fingerprint density at radius 2 is 0.700 bits per heavy atom. The van der Waals surface area contributed by atoms with Crippen LogP contribution in [0.15, 0.2) is 0 Å². The predicted molar refractivity (Wildman–Crippen MR) is 87.6 cm³/mol. The molecule has 0 aromatic rings. The fourth-order valence-electron chi connectivity index (χ4n) is 1.79. The van der Waals surface area contributed by atoms with Crippen molar-refractivity contribution in [2.24, 2.45) is 0 Å². The summed E-state index contributed by atoms with van der Waals surface area (Å²) in [6.07, 6.45) is 0. The van der Waals surface area contributed by atoms with E-state index in [1.165, 1.54) is 0 Å². The summed E-state index contributed by atoms with van der Waals surface area (Å²) in [5.41, 5.74) is 0. The highest BCUT2D eigenvalue weighted by molar-refractivity contribution is 6.81. The summed E-state index contributed by atoms with van der Waals surface area (Å²) in [5.74, 6) is 0. The Hall–Kier alpha value is 0.548. The van der Waals surface area contributed by atoms with Crippen LogP contribution in [0.25, 0.3) is 0 Å². The third-order valence-electron chi connectivity index (χ3n) is 2.54. The van der Waals surface area contributed by atoms with Crippen molar-refractivity contribution in [2.75, 3.05) is 26.4 Å². The molecule has 1 aliphatic heterocycles. The molecule has 1 fully saturated rings. The smallest absolute Gasteiger partial charge is 0.326 e. The van der Waals surface area contributed by atoms with Gasteiger partial charge in [-0.3, -0.25) is 18.6 Å². The van der Waals surface area contributed by atoms with Gasteiger partial charge in [-0.15, -0.1) is 0 Å². The number of hydrogen-bond donors (Lipinski definition) is 4. The van der Waals surface area contributed by atoms with E-state index in [-0.39, 0.29) is 0 Å². The molecule has 12 heteroatoms. The lowest BCUT2D eigenvalue weighted by molar-refractivity contribution is 0.291. The van der Waals surface area contributed by atoms with E-state index < -0.39 is 37.5 Å². The van der Waals surface area contributed by atoms with Crippen LogP contribution in [-0.2, 0) is 17.7 Å². The van der Waals surface area contributed by atoms with Gasteiger partial charge < -0.3 is 17.7 Å². The van der Waals surface area contributed by atoms with Gasteiger partial charge in [0.25, 0.3) is 0 Å². The van der Waals surface area contributed by atoms with Gasteiger partial charge in [0.2, 0.25) is 0 Å². The lowest BCUT2D eigenvalue weighted by Crippen LogP contribution is -2.77. The Labute approximate surface area is 128 Å². The van der Waals surface area contributed by atoms with Crippen LogP contribution >= 0.6 is 0 Å². The van der Waals surface area contributed by atoms with Crippen LogP contribution in [0, 0.1) is 0 Å². The average Bonchev–Trinajstić information content (AvgIpc) is 2.37. The van der Waals surface area contributed by atoms with Crippen LogP contribution in [0.2, 0.25) is 0 Å². The molecule has 0 aromatic heterocycles. The molecule has 0 atom stereocenters. The molecule has 0 radical (unpaired) electrons. The second kappa shape index (κ2) is 11.2. The quantitative estimate of drug-likeness (QED) is 0.352. The van der Waals surface area contributed by atoms with Crippen molar-refractivity contribution in [2.45, 2.75) is 27.7 Å². The zero-order chi connectivity index (χ0) is 14.8. The van der Waals surface area contributed by atoms with Gasteiger partial charge in [-0.05, 0) is 27.7 Å². The molecule has 0 amide bonds. The highest BCUT2D eigenvalue weighted by Gasteiger charge is 2.33. The summed E-state index contributed by atoms with van der Waals surface area (Å²) in [4.78, 5) is 0. The van der Waals surface area contributed by atoms with E-state index in [4.69, 9.17) is 17.7 Å². The molecule has 1 saturated heterocycles. The van der Waals surface area contributed by atoms with E-state index in [0.717, 1.165) is 0 Å². The maximum atomic E-state index is 5.79. The first-order chi connectivity index (χ1) is 9.73. The van der Waals surface area contributed by atoms with Crippen molar-refractivity contribution < 1.29 is 17.7 Å². The van der Waals surface area contributed by atoms with Crippen LogP contribution in [0.4, 0.5) is 0 Å². The lowest BCUT2D eigenvalue weighted by atomic mass is 10.9. The summed E-state index contributed by atoms with van der Waals surface area (Å²) in [5, 5.41) is 0. The molecule has 8 nitrogen and oxygen atoms in total. The van der Waals surface area contributed by atoms with E-state index in [0.29, 0.717) is 26.4 Å². The van der Waals surface area contributed by atoms with E-state index in [1.807, 2.05) is 27.7 Å². The first-order valence-electron chi connectivity index (χ1n) is 7.24. The first-order valence-corrected chi connectivity index (χ1v) is 13.7. The minimum absolute atomic E-state index is 0.684. The minimum atomic E-state index is -1.71. The molecule has 1 aliphatic rings. The zero-order valence-electron chi connectivity index (χ0n) is 12.8. The average molecular weight is 357 g/mol. The molecule has 0 aliphatic carbocycles. The van der Waals surface area contributed by atoms with Crippen LogP contribution in [-0.4, -0.2) is 63.9 Å². The lowest BCUT2D eigenvalue weighted by Gasteiger charge is -2.33. The molecule has 0 spiro atoms. The van der Waals surface area contributed by atoms with Gasteiger partial charge in [0.05, 0.1) is 0 Å². The second-order valence-corrected chi connectivity index (χ2v) is 13.7. The van der Waals surface area contributed by atoms with E-state index in [9.17, 15) is 0 Å². The van der Waals surface area contributed by atoms with Gasteiger partial charge >= 0.3 is 37.5 Å². The molecule has 0 saturated carbocycles. The molecule has 1 rings (SSSR count). The summed E-state index contributed by atoms with van der Waals surface area (Å²) < 4.78 is 37.2. The normalized spacial score (nSPS) is 31.8. The fourth-order valence-corrected chi connectivity index (χ4v) is 15.6. The summed E-state index contributed by atoms with van der Waals surface area (Å²) in [6.45, 7) is 10.7. The molecule has 0 aromatic carbocycles. The zero-order valence-corrected chi connectivity index (χ0v) is 17.4. The maximum Gasteiger partial charge on any atom is 0.326 e. The molecule has 0 unspecified atom stereocenters. The standard InChI is InChI=1S/C8H28N4O4Si4/c1-5-13-17-9-18(14-6-2)11-20(16-8-4)12-19(10-17)15-7-3/h9-12,17-20H,5-8H2,1-4H3. The first kappa shape index (κ1) is 18.6. The van der Waals surface area contributed by atoms with Crippen LogP contribution in [0.1, 0.15) is 27.7 Å². The monoisotopic (exact) mass is 356 g/mol. The van der Waals surface area contributed by atoms with Crippen molar-refractivity contribution >= 4 is 37.5 Å². The third-order valence-corrected chi connectivity index (χ3v) is 14.9. The number of hydrogen-bond acceptors (Lipinski definition) is 8. The highest BCUT2D eigenvalue weighted by Crippen LogP contribution is 1.92. The topological polar surface area (TPSA) is 85.0 Å². The predicted octanol–water partition coefficient (Wildman–Crippen LogP) is -2.63. The van der Waals surface area contributed by atoms with E-state index in [1.54, 1.807) is 0 Å². The molecule has 0 bridgehead atoms. The Kier molecular flexibility index (Phi) is 10.4. The number of nitrogens with one attached hydrogen (secondary N) is 4. The largest absolute Gasteiger partial charge is 0.395 e. The van der Waals surface area contributed by atoms with Crippen LogP contribution in [0.5, 0.6) is 0 Å². The van der Waals surface area contributed by atoms with Crippen molar-refractivity contribution in [3.63, 3.8) is 0 Å². The minimum Gasteiger partial charge on any atom is -0.395 e. The summed E-state index contributed by atoms with van der Waals surface area (Å²) in [6, 6.07) is 0. The Morgan fingerprint density at radius 1 is 0.500 bits per heavy atom. The SMILES string of the molecule is CCO[SiH]1N[SiH](OCC)N[SiH](OCC)N[SiH](OCC)N1. The van der Waals surface area contributed by atoms with Crippen molar-refractivity contribution in [3.8, 4) is 0 Å². The van der Waals surface area contributed by atoms with Gasteiger partial charge in [-0.2, -0.15) is 0 Å². The third kappa shape index (κ3) is 7.01. The molecule has 120 valence electrons. The summed E-state index contributed by atoms with van der Waals surface area (Å²) >= 11 is 0. The number of rotatable bonds is 8. The summed E-state index contributed by atoms with van der Waals surface area (Å²) in [7, 11) is -6.84. The molecule has 4 N–H and O–H groups in total. The van der Waals surface area contributed by atoms with Crippen molar-refractivity contribution in [1.29, 1.82) is 0 Å². The maximum absolute atomic E-state index is 5.79. The fraction of sp³-hybridized carbons (Fsp3) is 1.00. The van der Waals surface area contributed by atoms with Gasteiger partial charge in [-0.25, -0.2) is 0 Å². The van der Waals surface area contributed by atoms with Gasteiger partial charge in [-0.1, -0.05) is 0 Å². The van der Waals surface area contributed by atoms with Gasteiger partial charge in [0.15, 0.2) is 0 Å². The molecule has 1 heterocycles. The molecule has 20 heavy (non-hydrogen) atoms. The molecular weight excluding hydrogens is 328 g/mol. The van der Waals surface area contributed by atoms with E-state index >= 15 is 0 Å². The van der Waals surface area contributed by atoms with Crippen LogP contribution in [0.3, 0.4) is 0 Å². The van der Waals surface area contributed by atoms with Crippen molar-refractivity contribution in [1.82, 2.24) is 18.6 Å². The van der Waals surface area contributed by atoms with Gasteiger partial charge in [0.1, 0.15) is 0 Å². The Morgan fingerprint density at radius 3 is 0.850 bits per heavy atom. The van der Waals surface area contributed by atoms with Crippen LogP contribution < -0.4 is 18.6 Å². The molecular formula is C8H28N4O4Si4.